The van der Waals surface area contributed by atoms with Gasteiger partial charge in [0.05, 0.1) is 18.6 Å². The van der Waals surface area contributed by atoms with E-state index in [1.807, 2.05) is 0 Å². The zero-order valence-electron chi connectivity index (χ0n) is 5.14. The molecule has 3 heteroatoms. The molecule has 9 heavy (non-hydrogen) atoms. The van der Waals surface area contributed by atoms with Gasteiger partial charge in [-0.3, -0.25) is 4.79 Å². The third-order valence-electron chi connectivity index (χ3n) is 2.13. The fourth-order valence-electron chi connectivity index (χ4n) is 1.34. The average Bonchev–Trinajstić information content (AvgIpc) is 2.07. The lowest BCUT2D eigenvalue weighted by Gasteiger charge is -2.34. The molecule has 1 N–H and O–H groups in total. The van der Waals surface area contributed by atoms with Crippen LogP contribution >= 0.6 is 0 Å². The van der Waals surface area contributed by atoms with E-state index in [0.717, 1.165) is 13.0 Å². The van der Waals surface area contributed by atoms with Crippen LogP contribution in [0.15, 0.2) is 0 Å². The Morgan fingerprint density at radius 1 is 1.56 bits per heavy atom. The molecule has 2 aliphatic heterocycles. The number of rotatable bonds is 0. The standard InChI is InChI=1S/C6H9NO2/c8-5-6(1-2-7-5)3-9-4-6/h1-4H2,(H,7,8). The van der Waals surface area contributed by atoms with E-state index >= 15 is 0 Å². The summed E-state index contributed by atoms with van der Waals surface area (Å²) in [7, 11) is 0. The van der Waals surface area contributed by atoms with Crippen molar-refractivity contribution in [1.82, 2.24) is 5.32 Å². The smallest absolute Gasteiger partial charge is 0.230 e. The molecule has 2 aliphatic rings. The SMILES string of the molecule is O=C1NCCC12COC2. The first-order chi connectivity index (χ1) is 4.33. The Labute approximate surface area is 53.4 Å². The molecule has 2 saturated heterocycles. The van der Waals surface area contributed by atoms with E-state index in [1.165, 1.54) is 0 Å². The summed E-state index contributed by atoms with van der Waals surface area (Å²) in [5, 5.41) is 2.79. The molecule has 0 saturated carbocycles. The highest BCUT2D eigenvalue weighted by molar-refractivity contribution is 5.85. The normalized spacial score (nSPS) is 30.0. The van der Waals surface area contributed by atoms with Gasteiger partial charge in [-0.2, -0.15) is 0 Å². The fraction of sp³-hybridized carbons (Fsp3) is 0.833. The third-order valence-corrected chi connectivity index (χ3v) is 2.13. The van der Waals surface area contributed by atoms with Crippen molar-refractivity contribution in [2.45, 2.75) is 6.42 Å². The highest BCUT2D eigenvalue weighted by atomic mass is 16.5. The van der Waals surface area contributed by atoms with Gasteiger partial charge in [-0.05, 0) is 6.42 Å². The Balaban J connectivity index is 2.17. The monoisotopic (exact) mass is 127 g/mol. The van der Waals surface area contributed by atoms with Crippen molar-refractivity contribution in [3.05, 3.63) is 0 Å². The minimum atomic E-state index is -0.0972. The van der Waals surface area contributed by atoms with Crippen LogP contribution in [0.1, 0.15) is 6.42 Å². The van der Waals surface area contributed by atoms with Crippen molar-refractivity contribution >= 4 is 5.91 Å². The number of amides is 1. The Kier molecular flexibility index (Phi) is 0.858. The summed E-state index contributed by atoms with van der Waals surface area (Å²) in [6, 6.07) is 0. The van der Waals surface area contributed by atoms with Gasteiger partial charge < -0.3 is 10.1 Å². The molecule has 0 aromatic carbocycles. The molecule has 0 aliphatic carbocycles. The molecular formula is C6H9NO2. The van der Waals surface area contributed by atoms with Gasteiger partial charge in [0, 0.05) is 6.54 Å². The fourth-order valence-corrected chi connectivity index (χ4v) is 1.34. The summed E-state index contributed by atoms with van der Waals surface area (Å²) in [6.45, 7) is 2.11. The maximum Gasteiger partial charge on any atom is 0.230 e. The predicted octanol–water partition coefficient (Wildman–Crippen LogP) is -0.477. The molecule has 2 heterocycles. The molecule has 50 valence electrons. The zero-order valence-corrected chi connectivity index (χ0v) is 5.14. The van der Waals surface area contributed by atoms with Crippen molar-refractivity contribution in [3.8, 4) is 0 Å². The van der Waals surface area contributed by atoms with Crippen molar-refractivity contribution in [2.75, 3.05) is 19.8 Å². The summed E-state index contributed by atoms with van der Waals surface area (Å²) in [6.07, 6.45) is 0.964. The highest BCUT2D eigenvalue weighted by Gasteiger charge is 2.48. The van der Waals surface area contributed by atoms with Crippen LogP contribution in [-0.2, 0) is 9.53 Å². The van der Waals surface area contributed by atoms with Crippen LogP contribution in [0.2, 0.25) is 0 Å². The Bertz CT molecular complexity index is 151. The second kappa shape index (κ2) is 1.48. The van der Waals surface area contributed by atoms with Crippen LogP contribution < -0.4 is 5.32 Å². The van der Waals surface area contributed by atoms with E-state index in [4.69, 9.17) is 4.74 Å². The predicted molar refractivity (Wildman–Crippen MR) is 30.9 cm³/mol. The van der Waals surface area contributed by atoms with Crippen molar-refractivity contribution in [1.29, 1.82) is 0 Å². The minimum absolute atomic E-state index is 0.0972. The molecule has 0 aromatic rings. The third kappa shape index (κ3) is 0.525. The molecule has 1 amide bonds. The highest BCUT2D eigenvalue weighted by Crippen LogP contribution is 2.34. The molecule has 0 aromatic heterocycles. The number of carbonyl (C=O) groups excluding carboxylic acids is 1. The van der Waals surface area contributed by atoms with Crippen molar-refractivity contribution < 1.29 is 9.53 Å². The second-order valence-electron chi connectivity index (χ2n) is 2.78. The van der Waals surface area contributed by atoms with Crippen LogP contribution in [0.3, 0.4) is 0 Å². The average molecular weight is 127 g/mol. The maximum absolute atomic E-state index is 11.0. The minimum Gasteiger partial charge on any atom is -0.379 e. The lowest BCUT2D eigenvalue weighted by atomic mass is 9.85. The van der Waals surface area contributed by atoms with Crippen LogP contribution in [-0.4, -0.2) is 25.7 Å². The molecule has 3 nitrogen and oxygen atoms in total. The van der Waals surface area contributed by atoms with Crippen molar-refractivity contribution in [2.24, 2.45) is 5.41 Å². The van der Waals surface area contributed by atoms with Gasteiger partial charge in [0.1, 0.15) is 0 Å². The van der Waals surface area contributed by atoms with Gasteiger partial charge >= 0.3 is 0 Å². The molecule has 0 atom stereocenters. The summed E-state index contributed by atoms with van der Waals surface area (Å²) in [5.74, 6) is 0.189. The Hall–Kier alpha value is -0.570. The van der Waals surface area contributed by atoms with Crippen molar-refractivity contribution in [3.63, 3.8) is 0 Å². The van der Waals surface area contributed by atoms with Gasteiger partial charge in [-0.1, -0.05) is 0 Å². The number of nitrogens with one attached hydrogen (secondary N) is 1. The number of hydrogen-bond acceptors (Lipinski definition) is 2. The zero-order chi connectivity index (χ0) is 6.32. The summed E-state index contributed by atoms with van der Waals surface area (Å²) >= 11 is 0. The van der Waals surface area contributed by atoms with Gasteiger partial charge in [0.15, 0.2) is 0 Å². The first-order valence-corrected chi connectivity index (χ1v) is 3.20. The summed E-state index contributed by atoms with van der Waals surface area (Å²) < 4.78 is 4.97. The number of ether oxygens (including phenoxy) is 1. The van der Waals surface area contributed by atoms with E-state index < -0.39 is 0 Å². The quantitative estimate of drug-likeness (QED) is 0.477. The van der Waals surface area contributed by atoms with E-state index in [2.05, 4.69) is 5.32 Å². The molecule has 1 spiro atoms. The Morgan fingerprint density at radius 2 is 2.33 bits per heavy atom. The van der Waals surface area contributed by atoms with Crippen LogP contribution in [0.4, 0.5) is 0 Å². The number of hydrogen-bond donors (Lipinski definition) is 1. The first-order valence-electron chi connectivity index (χ1n) is 3.20. The summed E-state index contributed by atoms with van der Waals surface area (Å²) in [5.41, 5.74) is -0.0972. The van der Waals surface area contributed by atoms with Crippen LogP contribution in [0, 0.1) is 5.41 Å². The first kappa shape index (κ1) is 5.23. The molecule has 0 unspecified atom stereocenters. The lowest BCUT2D eigenvalue weighted by Crippen LogP contribution is -2.47. The molecule has 2 rings (SSSR count). The lowest BCUT2D eigenvalue weighted by molar-refractivity contribution is -0.154. The van der Waals surface area contributed by atoms with E-state index in [1.54, 1.807) is 0 Å². The topological polar surface area (TPSA) is 38.3 Å². The van der Waals surface area contributed by atoms with Gasteiger partial charge in [0.25, 0.3) is 0 Å². The number of carbonyl (C=O) groups is 1. The van der Waals surface area contributed by atoms with Gasteiger partial charge in [-0.25, -0.2) is 0 Å². The van der Waals surface area contributed by atoms with E-state index in [9.17, 15) is 4.79 Å². The summed E-state index contributed by atoms with van der Waals surface area (Å²) in [4.78, 5) is 11.0. The van der Waals surface area contributed by atoms with Crippen LogP contribution in [0.5, 0.6) is 0 Å². The molecule has 0 bridgehead atoms. The van der Waals surface area contributed by atoms with Crippen LogP contribution in [0.25, 0.3) is 0 Å². The van der Waals surface area contributed by atoms with E-state index in [-0.39, 0.29) is 11.3 Å². The Morgan fingerprint density at radius 3 is 2.56 bits per heavy atom. The van der Waals surface area contributed by atoms with E-state index in [0.29, 0.717) is 13.2 Å². The van der Waals surface area contributed by atoms with Gasteiger partial charge in [-0.15, -0.1) is 0 Å². The second-order valence-corrected chi connectivity index (χ2v) is 2.78. The maximum atomic E-state index is 11.0. The molecule has 0 radical (unpaired) electrons. The largest absolute Gasteiger partial charge is 0.379 e. The molecular weight excluding hydrogens is 118 g/mol. The molecule has 2 fully saturated rings. The van der Waals surface area contributed by atoms with Gasteiger partial charge in [0.2, 0.25) is 5.91 Å².